The van der Waals surface area contributed by atoms with E-state index >= 15 is 0 Å². The van der Waals surface area contributed by atoms with Crippen molar-refractivity contribution in [2.24, 2.45) is 0 Å². The molecule has 19 heavy (non-hydrogen) atoms. The molecule has 4 nitrogen and oxygen atoms in total. The third kappa shape index (κ3) is 2.24. The summed E-state index contributed by atoms with van der Waals surface area (Å²) in [7, 11) is 1.62. The average molecular weight is 295 g/mol. The van der Waals surface area contributed by atoms with Gasteiger partial charge in [0.15, 0.2) is 11.6 Å². The Kier molecular flexibility index (Phi) is 3.04. The molecular formula is C12H8ClFN4S. The molecule has 3 aromatic rings. The van der Waals surface area contributed by atoms with Crippen LogP contribution < -0.4 is 5.32 Å². The van der Waals surface area contributed by atoms with E-state index in [1.54, 1.807) is 25.5 Å². The monoisotopic (exact) mass is 294 g/mol. The summed E-state index contributed by atoms with van der Waals surface area (Å²) in [4.78, 5) is 12.4. The highest BCUT2D eigenvalue weighted by Crippen LogP contribution is 2.31. The van der Waals surface area contributed by atoms with E-state index in [9.17, 15) is 4.39 Å². The second-order valence-electron chi connectivity index (χ2n) is 3.80. The van der Waals surface area contributed by atoms with Gasteiger partial charge in [0.1, 0.15) is 15.7 Å². The molecule has 0 amide bonds. The van der Waals surface area contributed by atoms with Gasteiger partial charge in [-0.05, 0) is 12.1 Å². The minimum absolute atomic E-state index is 0.217. The Balaban J connectivity index is 2.11. The predicted octanol–water partition coefficient (Wildman–Crippen LogP) is 3.59. The van der Waals surface area contributed by atoms with Crippen molar-refractivity contribution in [3.05, 3.63) is 35.5 Å². The summed E-state index contributed by atoms with van der Waals surface area (Å²) in [5.41, 5.74) is 1.37. The molecule has 0 aromatic carbocycles. The lowest BCUT2D eigenvalue weighted by Crippen LogP contribution is -1.96. The molecule has 0 spiro atoms. The number of hydrogen-bond donors (Lipinski definition) is 1. The predicted molar refractivity (Wildman–Crippen MR) is 75.2 cm³/mol. The SMILES string of the molecule is CNc1ncc(-c2nc3cnc(Cl)cc3s2)cc1F. The van der Waals surface area contributed by atoms with Gasteiger partial charge in [0.05, 0.1) is 10.9 Å². The number of halogens is 2. The summed E-state index contributed by atoms with van der Waals surface area (Å²) in [6.07, 6.45) is 3.19. The topological polar surface area (TPSA) is 50.7 Å². The molecule has 1 N–H and O–H groups in total. The Labute approximate surface area is 117 Å². The maximum absolute atomic E-state index is 13.7. The molecule has 7 heteroatoms. The van der Waals surface area contributed by atoms with Crippen molar-refractivity contribution in [2.75, 3.05) is 12.4 Å². The van der Waals surface area contributed by atoms with Crippen LogP contribution in [0.1, 0.15) is 0 Å². The number of aromatic nitrogens is 3. The van der Waals surface area contributed by atoms with E-state index in [0.717, 1.165) is 10.2 Å². The molecule has 0 atom stereocenters. The zero-order valence-corrected chi connectivity index (χ0v) is 11.4. The fourth-order valence-corrected chi connectivity index (χ4v) is 2.85. The molecule has 0 unspecified atom stereocenters. The molecule has 0 aliphatic heterocycles. The van der Waals surface area contributed by atoms with Gasteiger partial charge in [-0.3, -0.25) is 0 Å². The molecule has 0 bridgehead atoms. The van der Waals surface area contributed by atoms with Gasteiger partial charge in [-0.25, -0.2) is 19.3 Å². The van der Waals surface area contributed by atoms with Crippen LogP contribution in [0.4, 0.5) is 10.2 Å². The van der Waals surface area contributed by atoms with Gasteiger partial charge >= 0.3 is 0 Å². The van der Waals surface area contributed by atoms with Gasteiger partial charge in [0, 0.05) is 18.8 Å². The van der Waals surface area contributed by atoms with Crippen LogP contribution in [0.3, 0.4) is 0 Å². The van der Waals surface area contributed by atoms with Gasteiger partial charge in [0.25, 0.3) is 0 Å². The Morgan fingerprint density at radius 3 is 2.84 bits per heavy atom. The fourth-order valence-electron chi connectivity index (χ4n) is 1.67. The molecule has 96 valence electrons. The standard InChI is InChI=1S/C12H8ClFN4S/c1-15-11-7(14)2-6(4-17-11)12-18-8-5-16-10(13)3-9(8)19-12/h2-5H,1H3,(H,15,17). The number of nitrogens with one attached hydrogen (secondary N) is 1. The molecule has 3 rings (SSSR count). The summed E-state index contributed by atoms with van der Waals surface area (Å²) in [5.74, 6) is -0.190. The maximum atomic E-state index is 13.7. The van der Waals surface area contributed by atoms with Gasteiger partial charge in [-0.1, -0.05) is 11.6 Å². The quantitative estimate of drug-likeness (QED) is 0.734. The van der Waals surface area contributed by atoms with Crippen molar-refractivity contribution in [3.63, 3.8) is 0 Å². The minimum Gasteiger partial charge on any atom is -0.371 e. The van der Waals surface area contributed by atoms with Crippen molar-refractivity contribution in [3.8, 4) is 10.6 Å². The van der Waals surface area contributed by atoms with Gasteiger partial charge < -0.3 is 5.32 Å². The van der Waals surface area contributed by atoms with Gasteiger partial charge in [-0.2, -0.15) is 0 Å². The zero-order valence-electron chi connectivity index (χ0n) is 9.82. The maximum Gasteiger partial charge on any atom is 0.166 e. The summed E-state index contributed by atoms with van der Waals surface area (Å²) < 4.78 is 14.6. The summed E-state index contributed by atoms with van der Waals surface area (Å²) in [5, 5.41) is 3.78. The van der Waals surface area contributed by atoms with Crippen LogP contribution in [-0.4, -0.2) is 22.0 Å². The van der Waals surface area contributed by atoms with Crippen LogP contribution in [0.15, 0.2) is 24.5 Å². The minimum atomic E-state index is -0.407. The van der Waals surface area contributed by atoms with Crippen LogP contribution in [-0.2, 0) is 0 Å². The second kappa shape index (κ2) is 4.71. The average Bonchev–Trinajstić information content (AvgIpc) is 2.81. The van der Waals surface area contributed by atoms with E-state index in [2.05, 4.69) is 20.3 Å². The summed E-state index contributed by atoms with van der Waals surface area (Å²) in [6.45, 7) is 0. The Bertz CT molecular complexity index is 759. The number of fused-ring (bicyclic) bond motifs is 1. The second-order valence-corrected chi connectivity index (χ2v) is 5.22. The van der Waals surface area contributed by atoms with Crippen LogP contribution in [0.2, 0.25) is 5.15 Å². The lowest BCUT2D eigenvalue weighted by atomic mass is 10.3. The number of hydrogen-bond acceptors (Lipinski definition) is 5. The zero-order chi connectivity index (χ0) is 13.4. The van der Waals surface area contributed by atoms with Crippen LogP contribution in [0, 0.1) is 5.82 Å². The Hall–Kier alpha value is -1.79. The van der Waals surface area contributed by atoms with E-state index in [1.807, 2.05) is 0 Å². The molecular weight excluding hydrogens is 287 g/mol. The molecule has 0 saturated carbocycles. The van der Waals surface area contributed by atoms with Gasteiger partial charge in [0.2, 0.25) is 0 Å². The number of anilines is 1. The summed E-state index contributed by atoms with van der Waals surface area (Å²) in [6, 6.07) is 3.15. The first-order valence-corrected chi connectivity index (χ1v) is 6.62. The lowest BCUT2D eigenvalue weighted by molar-refractivity contribution is 0.626. The number of thiazole rings is 1. The molecule has 0 radical (unpaired) electrons. The van der Waals surface area contributed by atoms with E-state index in [0.29, 0.717) is 15.7 Å². The van der Waals surface area contributed by atoms with Crippen molar-refractivity contribution < 1.29 is 4.39 Å². The first-order chi connectivity index (χ1) is 9.17. The van der Waals surface area contributed by atoms with E-state index < -0.39 is 5.82 Å². The number of nitrogens with zero attached hydrogens (tertiary/aromatic N) is 3. The normalized spacial score (nSPS) is 10.9. The Morgan fingerprint density at radius 2 is 2.11 bits per heavy atom. The van der Waals surface area contributed by atoms with Crippen LogP contribution in [0.25, 0.3) is 20.8 Å². The highest BCUT2D eigenvalue weighted by Gasteiger charge is 2.10. The van der Waals surface area contributed by atoms with E-state index in [-0.39, 0.29) is 5.82 Å². The molecule has 3 aromatic heterocycles. The van der Waals surface area contributed by atoms with Crippen LogP contribution >= 0.6 is 22.9 Å². The van der Waals surface area contributed by atoms with Crippen LogP contribution in [0.5, 0.6) is 0 Å². The summed E-state index contributed by atoms with van der Waals surface area (Å²) >= 11 is 7.25. The van der Waals surface area contributed by atoms with E-state index in [4.69, 9.17) is 11.6 Å². The van der Waals surface area contributed by atoms with E-state index in [1.165, 1.54) is 17.4 Å². The third-order valence-electron chi connectivity index (χ3n) is 2.57. The highest BCUT2D eigenvalue weighted by molar-refractivity contribution is 7.21. The first kappa shape index (κ1) is 12.3. The van der Waals surface area contributed by atoms with Crippen molar-refractivity contribution in [2.45, 2.75) is 0 Å². The molecule has 0 aliphatic carbocycles. The van der Waals surface area contributed by atoms with Crippen molar-refractivity contribution in [1.29, 1.82) is 0 Å². The third-order valence-corrected chi connectivity index (χ3v) is 3.84. The van der Waals surface area contributed by atoms with Crippen molar-refractivity contribution >= 4 is 39.0 Å². The molecule has 0 fully saturated rings. The molecule has 0 saturated heterocycles. The fraction of sp³-hybridized carbons (Fsp3) is 0.0833. The smallest absolute Gasteiger partial charge is 0.166 e. The van der Waals surface area contributed by atoms with Gasteiger partial charge in [-0.15, -0.1) is 11.3 Å². The first-order valence-electron chi connectivity index (χ1n) is 5.43. The lowest BCUT2D eigenvalue weighted by Gasteiger charge is -2.01. The van der Waals surface area contributed by atoms with Crippen molar-refractivity contribution in [1.82, 2.24) is 15.0 Å². The molecule has 3 heterocycles. The largest absolute Gasteiger partial charge is 0.371 e. The number of pyridine rings is 2. The number of rotatable bonds is 2. The Morgan fingerprint density at radius 1 is 1.26 bits per heavy atom. The molecule has 0 aliphatic rings. The highest BCUT2D eigenvalue weighted by atomic mass is 35.5.